The van der Waals surface area contributed by atoms with Crippen LogP contribution in [0.2, 0.25) is 0 Å². The molecule has 3 heterocycles. The minimum atomic E-state index is -0.893. The van der Waals surface area contributed by atoms with E-state index in [0.717, 1.165) is 44.6 Å². The monoisotopic (exact) mass is 346 g/mol. The molecular weight excluding hydrogens is 320 g/mol. The largest absolute Gasteiger partial charge is 0.480 e. The highest BCUT2D eigenvalue weighted by atomic mass is 16.4. The number of piperidine rings is 1. The molecule has 2 fully saturated rings. The number of carbonyl (C=O) groups is 2. The summed E-state index contributed by atoms with van der Waals surface area (Å²) in [5, 5.41) is 9.45. The van der Waals surface area contributed by atoms with Crippen molar-refractivity contribution in [3.05, 3.63) is 18.1 Å². The first-order valence-electron chi connectivity index (χ1n) is 8.99. The summed E-state index contributed by atoms with van der Waals surface area (Å²) in [6.45, 7) is 5.83. The van der Waals surface area contributed by atoms with Gasteiger partial charge in [0.05, 0.1) is 0 Å². The molecule has 0 bridgehead atoms. The lowest BCUT2D eigenvalue weighted by Crippen LogP contribution is -2.43. The van der Waals surface area contributed by atoms with Crippen LogP contribution in [0, 0.1) is 5.41 Å². The smallest absolute Gasteiger partial charge is 0.326 e. The van der Waals surface area contributed by atoms with Crippen LogP contribution < -0.4 is 4.90 Å². The van der Waals surface area contributed by atoms with Crippen LogP contribution in [0.25, 0.3) is 0 Å². The molecule has 1 aromatic rings. The lowest BCUT2D eigenvalue weighted by molar-refractivity contribution is -0.147. The average Bonchev–Trinajstić information content (AvgIpc) is 2.97. The Hall–Kier alpha value is -2.18. The summed E-state index contributed by atoms with van der Waals surface area (Å²) >= 11 is 0. The van der Waals surface area contributed by atoms with Crippen LogP contribution in [-0.2, 0) is 16.0 Å². The molecule has 1 amide bonds. The number of likely N-dealkylation sites (tertiary alicyclic amines) is 1. The summed E-state index contributed by atoms with van der Waals surface area (Å²) in [7, 11) is 0. The van der Waals surface area contributed by atoms with E-state index in [9.17, 15) is 14.7 Å². The zero-order valence-electron chi connectivity index (χ0n) is 14.9. The second kappa shape index (κ2) is 6.98. The van der Waals surface area contributed by atoms with Crippen molar-refractivity contribution in [2.24, 2.45) is 5.41 Å². The first kappa shape index (κ1) is 17.6. The van der Waals surface area contributed by atoms with E-state index in [4.69, 9.17) is 0 Å². The Morgan fingerprint density at radius 2 is 2.08 bits per heavy atom. The van der Waals surface area contributed by atoms with E-state index in [2.05, 4.69) is 21.8 Å². The molecule has 1 atom stereocenters. The van der Waals surface area contributed by atoms with Crippen LogP contribution in [0.4, 0.5) is 5.82 Å². The predicted molar refractivity (Wildman–Crippen MR) is 93.3 cm³/mol. The van der Waals surface area contributed by atoms with E-state index >= 15 is 0 Å². The summed E-state index contributed by atoms with van der Waals surface area (Å²) in [6, 6.07) is -0.682. The molecule has 25 heavy (non-hydrogen) atoms. The number of aryl methyl sites for hydroxylation is 1. The third kappa shape index (κ3) is 3.45. The van der Waals surface area contributed by atoms with Crippen molar-refractivity contribution in [2.75, 3.05) is 24.5 Å². The fourth-order valence-electron chi connectivity index (χ4n) is 4.25. The Labute approximate surface area is 148 Å². The standard InChI is InChI=1S/C18H26N4O3/c1-3-4-14-10-19-12-20-16(14)21-7-5-18(6-8-21)9-15(17(24)25)22(11-18)13(2)23/h10,12,15H,3-9,11H2,1-2H3,(H,24,25). The second-order valence-corrected chi connectivity index (χ2v) is 7.31. The Bertz CT molecular complexity index is 631. The van der Waals surface area contributed by atoms with Crippen molar-refractivity contribution in [1.29, 1.82) is 0 Å². The van der Waals surface area contributed by atoms with Crippen LogP contribution >= 0.6 is 0 Å². The minimum absolute atomic E-state index is 0.0802. The van der Waals surface area contributed by atoms with Gasteiger partial charge in [-0.3, -0.25) is 4.79 Å². The van der Waals surface area contributed by atoms with Gasteiger partial charge in [0, 0.05) is 38.3 Å². The van der Waals surface area contributed by atoms with Crippen LogP contribution in [0.15, 0.2) is 12.5 Å². The van der Waals surface area contributed by atoms with E-state index in [0.29, 0.717) is 13.0 Å². The molecule has 136 valence electrons. The molecule has 0 radical (unpaired) electrons. The molecule has 2 aliphatic rings. The molecule has 0 aromatic carbocycles. The maximum Gasteiger partial charge on any atom is 0.326 e. The number of hydrogen-bond acceptors (Lipinski definition) is 5. The first-order chi connectivity index (χ1) is 12.0. The maximum atomic E-state index is 11.8. The maximum absolute atomic E-state index is 11.8. The second-order valence-electron chi connectivity index (χ2n) is 7.31. The van der Waals surface area contributed by atoms with Crippen molar-refractivity contribution < 1.29 is 14.7 Å². The molecule has 7 heteroatoms. The quantitative estimate of drug-likeness (QED) is 0.893. The molecule has 7 nitrogen and oxygen atoms in total. The van der Waals surface area contributed by atoms with Gasteiger partial charge < -0.3 is 14.9 Å². The highest BCUT2D eigenvalue weighted by Crippen LogP contribution is 2.44. The molecule has 1 aromatic heterocycles. The van der Waals surface area contributed by atoms with E-state index in [1.165, 1.54) is 17.4 Å². The molecule has 0 aliphatic carbocycles. The van der Waals surface area contributed by atoms with Gasteiger partial charge in [0.2, 0.25) is 5.91 Å². The minimum Gasteiger partial charge on any atom is -0.480 e. The molecule has 2 aliphatic heterocycles. The predicted octanol–water partition coefficient (Wildman–Crippen LogP) is 1.72. The number of carboxylic acid groups (broad SMARTS) is 1. The van der Waals surface area contributed by atoms with Crippen molar-refractivity contribution in [3.8, 4) is 0 Å². The Morgan fingerprint density at radius 1 is 1.36 bits per heavy atom. The number of aromatic nitrogens is 2. The van der Waals surface area contributed by atoms with Crippen LogP contribution in [0.1, 0.15) is 45.1 Å². The van der Waals surface area contributed by atoms with Crippen LogP contribution in [0.3, 0.4) is 0 Å². The van der Waals surface area contributed by atoms with E-state index in [1.807, 2.05) is 6.20 Å². The molecule has 0 saturated carbocycles. The molecule has 2 saturated heterocycles. The number of hydrogen-bond donors (Lipinski definition) is 1. The van der Waals surface area contributed by atoms with Crippen molar-refractivity contribution in [3.63, 3.8) is 0 Å². The molecule has 1 spiro atoms. The normalized spacial score (nSPS) is 22.4. The van der Waals surface area contributed by atoms with Gasteiger partial charge in [-0.1, -0.05) is 13.3 Å². The highest BCUT2D eigenvalue weighted by Gasteiger charge is 2.49. The number of aliphatic carboxylic acids is 1. The summed E-state index contributed by atoms with van der Waals surface area (Å²) in [5.41, 5.74) is 1.09. The molecule has 3 rings (SSSR count). The zero-order chi connectivity index (χ0) is 18.0. The number of nitrogens with zero attached hydrogens (tertiary/aromatic N) is 4. The van der Waals surface area contributed by atoms with Crippen LogP contribution in [0.5, 0.6) is 0 Å². The molecular formula is C18H26N4O3. The van der Waals surface area contributed by atoms with Gasteiger partial charge in [0.1, 0.15) is 18.2 Å². The van der Waals surface area contributed by atoms with Gasteiger partial charge in [-0.15, -0.1) is 0 Å². The third-order valence-corrected chi connectivity index (χ3v) is 5.61. The lowest BCUT2D eigenvalue weighted by Gasteiger charge is -2.40. The summed E-state index contributed by atoms with van der Waals surface area (Å²) < 4.78 is 0. The highest BCUT2D eigenvalue weighted by molar-refractivity contribution is 5.83. The first-order valence-corrected chi connectivity index (χ1v) is 8.99. The van der Waals surface area contributed by atoms with Crippen LogP contribution in [-0.4, -0.2) is 57.5 Å². The topological polar surface area (TPSA) is 86.6 Å². The van der Waals surface area contributed by atoms with Gasteiger partial charge in [-0.25, -0.2) is 14.8 Å². The van der Waals surface area contributed by atoms with Gasteiger partial charge in [-0.05, 0) is 31.1 Å². The fraction of sp³-hybridized carbons (Fsp3) is 0.667. The van der Waals surface area contributed by atoms with E-state index < -0.39 is 12.0 Å². The van der Waals surface area contributed by atoms with Crippen molar-refractivity contribution in [2.45, 2.75) is 52.0 Å². The number of rotatable bonds is 4. The summed E-state index contributed by atoms with van der Waals surface area (Å²) in [6.07, 6.45) is 7.81. The number of carboxylic acids is 1. The Morgan fingerprint density at radius 3 is 2.64 bits per heavy atom. The van der Waals surface area contributed by atoms with E-state index in [-0.39, 0.29) is 11.3 Å². The van der Waals surface area contributed by atoms with Gasteiger partial charge in [-0.2, -0.15) is 0 Å². The molecule has 1 N–H and O–H groups in total. The number of amides is 1. The van der Waals surface area contributed by atoms with Gasteiger partial charge in [0.25, 0.3) is 0 Å². The average molecular weight is 346 g/mol. The lowest BCUT2D eigenvalue weighted by atomic mass is 9.76. The van der Waals surface area contributed by atoms with Gasteiger partial charge in [0.15, 0.2) is 0 Å². The molecule has 1 unspecified atom stereocenters. The zero-order valence-corrected chi connectivity index (χ0v) is 14.9. The van der Waals surface area contributed by atoms with E-state index in [1.54, 1.807) is 6.33 Å². The Kier molecular flexibility index (Phi) is 4.92. The summed E-state index contributed by atoms with van der Waals surface area (Å²) in [4.78, 5) is 35.8. The Balaban J connectivity index is 1.72. The SMILES string of the molecule is CCCc1cncnc1N1CCC2(CC1)CC(C(=O)O)N(C(C)=O)C2. The fourth-order valence-corrected chi connectivity index (χ4v) is 4.25. The van der Waals surface area contributed by atoms with Crippen molar-refractivity contribution in [1.82, 2.24) is 14.9 Å². The van der Waals surface area contributed by atoms with Gasteiger partial charge >= 0.3 is 5.97 Å². The van der Waals surface area contributed by atoms with Crippen molar-refractivity contribution >= 4 is 17.7 Å². The third-order valence-electron chi connectivity index (χ3n) is 5.61. The number of anilines is 1. The number of carbonyl (C=O) groups excluding carboxylic acids is 1. The summed E-state index contributed by atoms with van der Waals surface area (Å²) in [5.74, 6) is -0.0359.